The van der Waals surface area contributed by atoms with Crippen LogP contribution in [0.1, 0.15) is 52.7 Å². The predicted octanol–water partition coefficient (Wildman–Crippen LogP) is 4.27. The van der Waals surface area contributed by atoms with Gasteiger partial charge < -0.3 is 10.2 Å². The molecule has 8 nitrogen and oxygen atoms in total. The van der Waals surface area contributed by atoms with E-state index < -0.39 is 29.3 Å². The van der Waals surface area contributed by atoms with E-state index in [1.54, 1.807) is 6.20 Å². The molecule has 2 atom stereocenters. The number of carbonyl (C=O) groups is 4. The van der Waals surface area contributed by atoms with Crippen molar-refractivity contribution in [1.29, 1.82) is 0 Å². The van der Waals surface area contributed by atoms with Gasteiger partial charge in [0, 0.05) is 31.2 Å². The molecular weight excluding hydrogens is 524 g/mol. The third kappa shape index (κ3) is 5.75. The van der Waals surface area contributed by atoms with Gasteiger partial charge in [-0.15, -0.1) is 0 Å². The summed E-state index contributed by atoms with van der Waals surface area (Å²) in [6.07, 6.45) is 1.64. The Labute approximate surface area is 239 Å². The highest BCUT2D eigenvalue weighted by Crippen LogP contribution is 2.40. The van der Waals surface area contributed by atoms with Crippen LogP contribution in [0, 0.1) is 5.92 Å². The molecule has 210 valence electrons. The molecule has 2 aliphatic heterocycles. The quantitative estimate of drug-likeness (QED) is 0.520. The zero-order chi connectivity index (χ0) is 29.2. The van der Waals surface area contributed by atoms with E-state index in [9.17, 15) is 19.2 Å². The second-order valence-electron chi connectivity index (χ2n) is 11.2. The summed E-state index contributed by atoms with van der Waals surface area (Å²) in [6, 6.07) is 17.5. The highest BCUT2D eigenvalue weighted by molar-refractivity contribution is 8.17. The van der Waals surface area contributed by atoms with Gasteiger partial charge >= 0.3 is 0 Å². The maximum absolute atomic E-state index is 14.7. The molecule has 1 N–H and O–H groups in total. The fraction of sp³-hybridized carbons (Fsp3) is 0.387. The number of thioether (sulfide) groups is 1. The van der Waals surface area contributed by atoms with E-state index >= 15 is 0 Å². The van der Waals surface area contributed by atoms with E-state index in [1.165, 1.54) is 35.4 Å². The minimum absolute atomic E-state index is 0.00701. The standard InChI is InChI=1S/C31H36N4O4S/c1-20(2)26-29(39)35(25(18-34(26)22(4)37)24-15-11-8-12-16-24)31(33-21(3)36,17-23-13-9-7-10-14-23)27(38)28-32-19-30(5,6)40-28/h7-16,18,20,26H,17,19H2,1-6H3,(H,33,36)/t26?,31-/m0/s1. The van der Waals surface area contributed by atoms with Gasteiger partial charge in [0.15, 0.2) is 5.66 Å². The summed E-state index contributed by atoms with van der Waals surface area (Å²) in [5.74, 6) is -1.95. The Balaban J connectivity index is 2.04. The van der Waals surface area contributed by atoms with Gasteiger partial charge in [-0.2, -0.15) is 0 Å². The van der Waals surface area contributed by atoms with Crippen molar-refractivity contribution in [1.82, 2.24) is 15.1 Å². The van der Waals surface area contributed by atoms with Crippen LogP contribution in [0.15, 0.2) is 71.9 Å². The van der Waals surface area contributed by atoms with E-state index in [1.807, 2.05) is 88.4 Å². The van der Waals surface area contributed by atoms with Crippen molar-refractivity contribution in [3.05, 3.63) is 78.0 Å². The number of rotatable bonds is 8. The van der Waals surface area contributed by atoms with Crippen molar-refractivity contribution < 1.29 is 19.2 Å². The first-order valence-electron chi connectivity index (χ1n) is 13.4. The Bertz CT molecular complexity index is 1370. The van der Waals surface area contributed by atoms with Crippen molar-refractivity contribution in [2.75, 3.05) is 6.54 Å². The van der Waals surface area contributed by atoms with E-state index in [-0.39, 0.29) is 28.0 Å². The normalized spacial score (nSPS) is 20.1. The van der Waals surface area contributed by atoms with Gasteiger partial charge in [-0.25, -0.2) is 0 Å². The van der Waals surface area contributed by atoms with Gasteiger partial charge in [0.25, 0.3) is 5.91 Å². The van der Waals surface area contributed by atoms with E-state index in [4.69, 9.17) is 0 Å². The third-order valence-electron chi connectivity index (χ3n) is 6.95. The monoisotopic (exact) mass is 560 g/mol. The van der Waals surface area contributed by atoms with Gasteiger partial charge in [-0.05, 0) is 30.9 Å². The molecule has 9 heteroatoms. The summed E-state index contributed by atoms with van der Waals surface area (Å²) >= 11 is 1.34. The minimum Gasteiger partial charge on any atom is -0.326 e. The van der Waals surface area contributed by atoms with Crippen molar-refractivity contribution in [2.24, 2.45) is 10.9 Å². The molecule has 2 aromatic carbocycles. The fourth-order valence-electron chi connectivity index (χ4n) is 5.22. The summed E-state index contributed by atoms with van der Waals surface area (Å²) in [7, 11) is 0. The molecule has 0 radical (unpaired) electrons. The van der Waals surface area contributed by atoms with Crippen LogP contribution in [0.5, 0.6) is 0 Å². The summed E-state index contributed by atoms with van der Waals surface area (Å²) in [5, 5.41) is 3.18. The van der Waals surface area contributed by atoms with Crippen molar-refractivity contribution >= 4 is 46.0 Å². The number of nitrogens with zero attached hydrogens (tertiary/aromatic N) is 3. The molecule has 3 amide bonds. The lowest BCUT2D eigenvalue weighted by Crippen LogP contribution is -2.72. The van der Waals surface area contributed by atoms with E-state index in [0.29, 0.717) is 17.8 Å². The van der Waals surface area contributed by atoms with Crippen LogP contribution in [0.25, 0.3) is 5.70 Å². The molecule has 40 heavy (non-hydrogen) atoms. The lowest BCUT2D eigenvalue weighted by molar-refractivity contribution is -0.152. The number of amides is 3. The van der Waals surface area contributed by atoms with Gasteiger partial charge in [-0.3, -0.25) is 29.1 Å². The number of hydrogen-bond donors (Lipinski definition) is 1. The number of ketones is 1. The van der Waals surface area contributed by atoms with Gasteiger partial charge in [-0.1, -0.05) is 86.3 Å². The molecule has 0 bridgehead atoms. The van der Waals surface area contributed by atoms with Gasteiger partial charge in [0.1, 0.15) is 11.1 Å². The summed E-state index contributed by atoms with van der Waals surface area (Å²) in [4.78, 5) is 62.6. The summed E-state index contributed by atoms with van der Waals surface area (Å²) < 4.78 is -0.310. The lowest BCUT2D eigenvalue weighted by atomic mass is 9.88. The summed E-state index contributed by atoms with van der Waals surface area (Å²) in [5.41, 5.74) is -0.114. The first-order valence-corrected chi connectivity index (χ1v) is 14.2. The zero-order valence-electron chi connectivity index (χ0n) is 23.8. The molecule has 2 aliphatic rings. The Morgan fingerprint density at radius 1 is 1.05 bits per heavy atom. The first kappa shape index (κ1) is 29.3. The van der Waals surface area contributed by atoms with Crippen LogP contribution in [0.4, 0.5) is 0 Å². The van der Waals surface area contributed by atoms with Crippen LogP contribution < -0.4 is 5.32 Å². The Kier molecular flexibility index (Phi) is 8.35. The van der Waals surface area contributed by atoms with Gasteiger partial charge in [0.05, 0.1) is 12.2 Å². The Morgan fingerprint density at radius 2 is 1.65 bits per heavy atom. The number of nitrogens with one attached hydrogen (secondary N) is 1. The molecule has 0 fully saturated rings. The third-order valence-corrected chi connectivity index (χ3v) is 8.14. The zero-order valence-corrected chi connectivity index (χ0v) is 24.6. The average Bonchev–Trinajstić information content (AvgIpc) is 3.27. The van der Waals surface area contributed by atoms with Gasteiger partial charge in [0.2, 0.25) is 17.6 Å². The number of benzene rings is 2. The number of carbonyl (C=O) groups excluding carboxylic acids is 4. The second kappa shape index (κ2) is 11.4. The first-order chi connectivity index (χ1) is 18.9. The fourth-order valence-corrected chi connectivity index (χ4v) is 6.27. The maximum Gasteiger partial charge on any atom is 0.252 e. The van der Waals surface area contributed by atoms with Crippen molar-refractivity contribution in [3.63, 3.8) is 0 Å². The van der Waals surface area contributed by atoms with Crippen molar-refractivity contribution in [2.45, 2.75) is 64.4 Å². The molecular formula is C31H36N4O4S. The minimum atomic E-state index is -1.84. The second-order valence-corrected chi connectivity index (χ2v) is 12.9. The molecule has 2 heterocycles. The molecule has 0 aliphatic carbocycles. The largest absolute Gasteiger partial charge is 0.326 e. The van der Waals surface area contributed by atoms with E-state index in [2.05, 4.69) is 10.3 Å². The summed E-state index contributed by atoms with van der Waals surface area (Å²) in [6.45, 7) is 10.9. The average molecular weight is 561 g/mol. The van der Waals surface area contributed by atoms with Crippen LogP contribution in [0.2, 0.25) is 0 Å². The molecule has 0 spiro atoms. The van der Waals surface area contributed by atoms with Crippen LogP contribution in [0.3, 0.4) is 0 Å². The SMILES string of the molecule is CC(=O)N[C@](Cc1ccccc1)(C(=O)C1=NCC(C)(C)S1)N1C(=O)C(C(C)C)N(C(C)=O)C=C1c1ccccc1. The lowest BCUT2D eigenvalue weighted by Gasteiger charge is -2.49. The highest BCUT2D eigenvalue weighted by Gasteiger charge is 2.55. The number of Topliss-reactive ketones (excluding diaryl/α,β-unsaturated/α-hetero) is 1. The van der Waals surface area contributed by atoms with E-state index in [0.717, 1.165) is 5.56 Å². The topological polar surface area (TPSA) is 99.2 Å². The van der Waals surface area contributed by atoms with Crippen molar-refractivity contribution in [3.8, 4) is 0 Å². The molecule has 0 saturated heterocycles. The van der Waals surface area contributed by atoms with Crippen LogP contribution in [-0.4, -0.2) is 61.3 Å². The van der Waals surface area contributed by atoms with Crippen LogP contribution in [-0.2, 0) is 25.6 Å². The molecule has 1 unspecified atom stereocenters. The smallest absolute Gasteiger partial charge is 0.252 e. The highest BCUT2D eigenvalue weighted by atomic mass is 32.2. The Morgan fingerprint density at radius 3 is 2.15 bits per heavy atom. The predicted molar refractivity (Wildman–Crippen MR) is 158 cm³/mol. The van der Waals surface area contributed by atoms with Crippen LogP contribution >= 0.6 is 11.8 Å². The maximum atomic E-state index is 14.7. The molecule has 4 rings (SSSR count). The molecule has 2 aromatic rings. The number of hydrogen-bond acceptors (Lipinski definition) is 6. The molecule has 0 saturated carbocycles. The number of aliphatic imine (C=N–C) groups is 1. The Hall–Kier alpha value is -3.72. The molecule has 0 aromatic heterocycles.